The molecule has 20 heavy (non-hydrogen) atoms. The number of carbonyl (C=O) groups is 1. The minimum absolute atomic E-state index is 0.246. The molecule has 2 rings (SSSR count). The van der Waals surface area contributed by atoms with E-state index in [1.54, 1.807) is 18.2 Å². The van der Waals surface area contributed by atoms with Crippen LogP contribution in [-0.2, 0) is 0 Å². The second-order valence-corrected chi connectivity index (χ2v) is 4.44. The number of rotatable bonds is 3. The van der Waals surface area contributed by atoms with Crippen molar-refractivity contribution in [2.75, 3.05) is 17.2 Å². The molecule has 1 amide bonds. The molecule has 0 saturated heterocycles. The minimum atomic E-state index is -0.339. The first-order valence-electron chi connectivity index (χ1n) is 6.32. The van der Waals surface area contributed by atoms with Crippen molar-refractivity contribution in [1.82, 2.24) is 4.98 Å². The lowest BCUT2D eigenvalue weighted by atomic mass is 10.1. The number of amides is 1. The smallest absolute Gasteiger partial charge is 0.261 e. The third kappa shape index (κ3) is 2.77. The zero-order valence-electron chi connectivity index (χ0n) is 11.4. The highest BCUT2D eigenvalue weighted by Crippen LogP contribution is 2.20. The molecule has 0 aliphatic rings. The molecule has 5 heteroatoms. The fraction of sp³-hybridized carbons (Fsp3) is 0.200. The number of halogens is 1. The Kier molecular flexibility index (Phi) is 3.98. The van der Waals surface area contributed by atoms with Gasteiger partial charge in [-0.15, -0.1) is 0 Å². The number of benzene rings is 1. The van der Waals surface area contributed by atoms with Gasteiger partial charge in [0.25, 0.3) is 5.91 Å². The average molecular weight is 273 g/mol. The van der Waals surface area contributed by atoms with E-state index in [0.29, 0.717) is 23.5 Å². The summed E-state index contributed by atoms with van der Waals surface area (Å²) >= 11 is 0. The number of hydrogen-bond donors (Lipinski definition) is 1. The first-order valence-corrected chi connectivity index (χ1v) is 6.32. The summed E-state index contributed by atoms with van der Waals surface area (Å²) in [5.41, 5.74) is 7.99. The highest BCUT2D eigenvalue weighted by molar-refractivity contribution is 6.09. The number of aromatic nitrogens is 1. The van der Waals surface area contributed by atoms with E-state index in [0.717, 1.165) is 5.69 Å². The van der Waals surface area contributed by atoms with E-state index in [2.05, 4.69) is 4.98 Å². The summed E-state index contributed by atoms with van der Waals surface area (Å²) in [6, 6.07) is 7.43. The van der Waals surface area contributed by atoms with Gasteiger partial charge in [0.05, 0.1) is 5.56 Å². The third-order valence-corrected chi connectivity index (χ3v) is 3.00. The van der Waals surface area contributed by atoms with Gasteiger partial charge in [0.15, 0.2) is 0 Å². The maximum atomic E-state index is 13.0. The summed E-state index contributed by atoms with van der Waals surface area (Å²) in [5, 5.41) is 0. The van der Waals surface area contributed by atoms with Crippen molar-refractivity contribution in [3.05, 3.63) is 53.6 Å². The van der Waals surface area contributed by atoms with Crippen LogP contribution in [0.3, 0.4) is 0 Å². The summed E-state index contributed by atoms with van der Waals surface area (Å²) in [6.45, 7) is 4.11. The van der Waals surface area contributed by atoms with Crippen LogP contribution in [0.25, 0.3) is 0 Å². The molecule has 0 fully saturated rings. The number of pyridine rings is 1. The number of carbonyl (C=O) groups excluding carboxylic acids is 1. The monoisotopic (exact) mass is 273 g/mol. The van der Waals surface area contributed by atoms with Gasteiger partial charge in [-0.1, -0.05) is 0 Å². The lowest BCUT2D eigenvalue weighted by Crippen LogP contribution is -2.31. The van der Waals surface area contributed by atoms with Gasteiger partial charge < -0.3 is 10.6 Å². The van der Waals surface area contributed by atoms with Crippen LogP contribution in [0.2, 0.25) is 0 Å². The molecule has 1 aromatic heterocycles. The molecule has 0 aliphatic heterocycles. The van der Waals surface area contributed by atoms with Gasteiger partial charge in [-0.05, 0) is 44.2 Å². The van der Waals surface area contributed by atoms with Gasteiger partial charge in [-0.2, -0.15) is 0 Å². The van der Waals surface area contributed by atoms with E-state index < -0.39 is 0 Å². The molecule has 2 N–H and O–H groups in total. The Balaban J connectivity index is 2.36. The van der Waals surface area contributed by atoms with Crippen LogP contribution in [0.4, 0.5) is 15.8 Å². The summed E-state index contributed by atoms with van der Waals surface area (Å²) < 4.78 is 13.0. The second kappa shape index (κ2) is 5.69. The summed E-state index contributed by atoms with van der Waals surface area (Å²) in [7, 11) is 0. The van der Waals surface area contributed by atoms with Crippen molar-refractivity contribution >= 4 is 17.3 Å². The number of anilines is 2. The Morgan fingerprint density at radius 2 is 2.00 bits per heavy atom. The van der Waals surface area contributed by atoms with Crippen LogP contribution < -0.4 is 10.6 Å². The van der Waals surface area contributed by atoms with Gasteiger partial charge >= 0.3 is 0 Å². The molecule has 0 spiro atoms. The number of aryl methyl sites for hydroxylation is 1. The van der Waals surface area contributed by atoms with E-state index in [4.69, 9.17) is 5.73 Å². The van der Waals surface area contributed by atoms with Gasteiger partial charge in [0.1, 0.15) is 5.82 Å². The summed E-state index contributed by atoms with van der Waals surface area (Å²) in [4.78, 5) is 18.1. The van der Waals surface area contributed by atoms with Gasteiger partial charge in [-0.25, -0.2) is 4.39 Å². The maximum absolute atomic E-state index is 13.0. The fourth-order valence-electron chi connectivity index (χ4n) is 1.97. The standard InChI is InChI=1S/C15H16FN3O/c1-3-19(12-6-4-11(16)5-7-12)15(20)13-9-18-10(2)8-14(13)17/h4-9H,3H2,1-2H3,(H2,17,18). The van der Waals surface area contributed by atoms with Crippen molar-refractivity contribution in [2.24, 2.45) is 0 Å². The van der Waals surface area contributed by atoms with Gasteiger partial charge in [0.2, 0.25) is 0 Å². The van der Waals surface area contributed by atoms with E-state index in [9.17, 15) is 9.18 Å². The topological polar surface area (TPSA) is 59.2 Å². The Hall–Kier alpha value is -2.43. The van der Waals surface area contributed by atoms with E-state index in [-0.39, 0.29) is 11.7 Å². The largest absolute Gasteiger partial charge is 0.398 e. The number of hydrogen-bond acceptors (Lipinski definition) is 3. The summed E-state index contributed by atoms with van der Waals surface area (Å²) in [5.74, 6) is -0.585. The molecule has 1 aromatic carbocycles. The van der Waals surface area contributed by atoms with Gasteiger partial charge in [0, 0.05) is 29.8 Å². The SMILES string of the molecule is CCN(C(=O)c1cnc(C)cc1N)c1ccc(F)cc1. The highest BCUT2D eigenvalue weighted by atomic mass is 19.1. The molecule has 2 aromatic rings. The van der Waals surface area contributed by atoms with Crippen LogP contribution in [-0.4, -0.2) is 17.4 Å². The molecule has 0 radical (unpaired) electrons. The molecular weight excluding hydrogens is 257 g/mol. The van der Waals surface area contributed by atoms with E-state index >= 15 is 0 Å². The highest BCUT2D eigenvalue weighted by Gasteiger charge is 2.18. The second-order valence-electron chi connectivity index (χ2n) is 4.44. The van der Waals surface area contributed by atoms with Gasteiger partial charge in [-0.3, -0.25) is 9.78 Å². The lowest BCUT2D eigenvalue weighted by Gasteiger charge is -2.21. The van der Waals surface area contributed by atoms with Crippen LogP contribution >= 0.6 is 0 Å². The zero-order chi connectivity index (χ0) is 14.7. The quantitative estimate of drug-likeness (QED) is 0.935. The fourth-order valence-corrected chi connectivity index (χ4v) is 1.97. The molecule has 4 nitrogen and oxygen atoms in total. The number of nitrogens with zero attached hydrogens (tertiary/aromatic N) is 2. The maximum Gasteiger partial charge on any atom is 0.261 e. The molecule has 0 aliphatic carbocycles. The van der Waals surface area contributed by atoms with Crippen LogP contribution in [0.5, 0.6) is 0 Å². The molecule has 104 valence electrons. The first kappa shape index (κ1) is 14.0. The molecular formula is C15H16FN3O. The molecule has 0 bridgehead atoms. The molecule has 1 heterocycles. The van der Waals surface area contributed by atoms with Crippen molar-refractivity contribution in [2.45, 2.75) is 13.8 Å². The van der Waals surface area contributed by atoms with Crippen molar-refractivity contribution in [3.8, 4) is 0 Å². The zero-order valence-corrected chi connectivity index (χ0v) is 11.4. The average Bonchev–Trinajstić information content (AvgIpc) is 2.41. The summed E-state index contributed by atoms with van der Waals surface area (Å²) in [6.07, 6.45) is 1.47. The number of nitrogens with two attached hydrogens (primary N) is 1. The van der Waals surface area contributed by atoms with Crippen molar-refractivity contribution in [1.29, 1.82) is 0 Å². The van der Waals surface area contributed by atoms with Crippen LogP contribution in [0.15, 0.2) is 36.5 Å². The number of nitrogen functional groups attached to an aromatic ring is 1. The Bertz CT molecular complexity index is 626. The Morgan fingerprint density at radius 3 is 2.55 bits per heavy atom. The normalized spacial score (nSPS) is 10.3. The predicted octanol–water partition coefficient (Wildman–Crippen LogP) is 2.78. The molecule has 0 atom stereocenters. The Labute approximate surface area is 117 Å². The molecule has 0 saturated carbocycles. The van der Waals surface area contributed by atoms with Crippen LogP contribution in [0.1, 0.15) is 23.0 Å². The Morgan fingerprint density at radius 1 is 1.35 bits per heavy atom. The van der Waals surface area contributed by atoms with Crippen molar-refractivity contribution in [3.63, 3.8) is 0 Å². The minimum Gasteiger partial charge on any atom is -0.398 e. The predicted molar refractivity (Wildman–Crippen MR) is 77.1 cm³/mol. The third-order valence-electron chi connectivity index (χ3n) is 3.00. The van der Waals surface area contributed by atoms with E-state index in [1.165, 1.54) is 23.2 Å². The van der Waals surface area contributed by atoms with E-state index in [1.807, 2.05) is 13.8 Å². The molecule has 0 unspecified atom stereocenters. The lowest BCUT2D eigenvalue weighted by molar-refractivity contribution is 0.0989. The van der Waals surface area contributed by atoms with Crippen LogP contribution in [0, 0.1) is 12.7 Å². The first-order chi connectivity index (χ1) is 9.52. The van der Waals surface area contributed by atoms with Crippen molar-refractivity contribution < 1.29 is 9.18 Å².